The molecule has 1 N–H and O–H groups in total. The number of rotatable bonds is 13. The maximum Gasteiger partial charge on any atom is 0.119 e. The Morgan fingerprint density at radius 3 is 1.74 bits per heavy atom. The lowest BCUT2D eigenvalue weighted by molar-refractivity contribution is 0.464. The summed E-state index contributed by atoms with van der Waals surface area (Å²) in [7, 11) is 0. The summed E-state index contributed by atoms with van der Waals surface area (Å²) in [5.74, 6) is 0.509. The molecule has 0 fully saturated rings. The largest absolute Gasteiger partial charge is 0.508 e. The Morgan fingerprint density at radius 1 is 0.652 bits per heavy atom. The second kappa shape index (κ2) is 12.4. The van der Waals surface area contributed by atoms with Crippen molar-refractivity contribution in [3.8, 4) is 5.75 Å². The van der Waals surface area contributed by atoms with Crippen molar-refractivity contribution >= 4 is 0 Å². The fraction of sp³-hybridized carbons (Fsp3) is 0.727. The molecule has 0 aliphatic carbocycles. The van der Waals surface area contributed by atoms with Crippen molar-refractivity contribution in [1.82, 2.24) is 0 Å². The van der Waals surface area contributed by atoms with Crippen molar-refractivity contribution in [2.45, 2.75) is 104 Å². The van der Waals surface area contributed by atoms with E-state index in [4.69, 9.17) is 0 Å². The quantitative estimate of drug-likeness (QED) is 0.389. The lowest BCUT2D eigenvalue weighted by atomic mass is 9.92. The van der Waals surface area contributed by atoms with Crippen molar-refractivity contribution in [3.63, 3.8) is 0 Å². The first-order valence-corrected chi connectivity index (χ1v) is 10.1. The van der Waals surface area contributed by atoms with Gasteiger partial charge in [0.2, 0.25) is 0 Å². The minimum absolute atomic E-state index is 0.509. The molecule has 0 saturated carbocycles. The number of aromatic hydroxyl groups is 1. The first-order valence-electron chi connectivity index (χ1n) is 10.1. The first-order chi connectivity index (χ1) is 11.2. The van der Waals surface area contributed by atoms with Crippen LogP contribution in [0.15, 0.2) is 12.1 Å². The van der Waals surface area contributed by atoms with Crippen LogP contribution in [0.4, 0.5) is 0 Å². The van der Waals surface area contributed by atoms with E-state index >= 15 is 0 Å². The molecule has 0 heterocycles. The van der Waals surface area contributed by atoms with Crippen molar-refractivity contribution in [1.29, 1.82) is 0 Å². The number of benzene rings is 1. The molecule has 0 spiro atoms. The second-order valence-electron chi connectivity index (χ2n) is 6.84. The fourth-order valence-electron chi connectivity index (χ4n) is 3.57. The third-order valence-corrected chi connectivity index (χ3v) is 5.02. The Bertz CT molecular complexity index is 422. The predicted octanol–water partition coefficient (Wildman–Crippen LogP) is 6.98. The van der Waals surface area contributed by atoms with Gasteiger partial charge in [-0.25, -0.2) is 0 Å². The third-order valence-electron chi connectivity index (χ3n) is 5.02. The number of phenols is 1. The van der Waals surface area contributed by atoms with E-state index in [1.807, 2.05) is 6.07 Å². The Hall–Kier alpha value is -0.980. The zero-order chi connectivity index (χ0) is 16.9. The zero-order valence-electron chi connectivity index (χ0n) is 15.8. The second-order valence-corrected chi connectivity index (χ2v) is 6.84. The number of aryl methyl sites for hydroxylation is 1. The molecule has 1 nitrogen and oxygen atoms in total. The van der Waals surface area contributed by atoms with Crippen LogP contribution < -0.4 is 0 Å². The van der Waals surface area contributed by atoms with Gasteiger partial charge in [0, 0.05) is 0 Å². The summed E-state index contributed by atoms with van der Waals surface area (Å²) in [6.45, 7) is 6.68. The standard InChI is InChI=1S/C22H38O/c1-4-7-8-9-10-11-12-13-14-15-16-21-20(6-3)19(5-2)17-18-22(21)23/h17-18,23H,4-16H2,1-3H3. The van der Waals surface area contributed by atoms with Crippen LogP contribution in [-0.4, -0.2) is 5.11 Å². The minimum atomic E-state index is 0.509. The van der Waals surface area contributed by atoms with Crippen LogP contribution >= 0.6 is 0 Å². The number of hydrogen-bond acceptors (Lipinski definition) is 1. The van der Waals surface area contributed by atoms with Crippen molar-refractivity contribution < 1.29 is 5.11 Å². The zero-order valence-corrected chi connectivity index (χ0v) is 15.8. The van der Waals surface area contributed by atoms with Crippen LogP contribution in [0, 0.1) is 0 Å². The molecule has 0 saturated heterocycles. The van der Waals surface area contributed by atoms with Crippen molar-refractivity contribution in [2.75, 3.05) is 0 Å². The van der Waals surface area contributed by atoms with Gasteiger partial charge in [0.05, 0.1) is 0 Å². The number of phenolic OH excluding ortho intramolecular Hbond substituents is 1. The Labute approximate surface area is 144 Å². The Morgan fingerprint density at radius 2 is 1.22 bits per heavy atom. The molecule has 1 rings (SSSR count). The molecule has 0 bridgehead atoms. The molecule has 23 heavy (non-hydrogen) atoms. The van der Waals surface area contributed by atoms with E-state index in [1.165, 1.54) is 80.9 Å². The minimum Gasteiger partial charge on any atom is -0.508 e. The highest BCUT2D eigenvalue weighted by Crippen LogP contribution is 2.27. The van der Waals surface area contributed by atoms with Crippen LogP contribution in [0.1, 0.15) is 102 Å². The van der Waals surface area contributed by atoms with Crippen LogP contribution in [0.5, 0.6) is 5.75 Å². The van der Waals surface area contributed by atoms with Gasteiger partial charge < -0.3 is 5.11 Å². The highest BCUT2D eigenvalue weighted by atomic mass is 16.3. The van der Waals surface area contributed by atoms with Crippen LogP contribution in [0.2, 0.25) is 0 Å². The molecule has 0 radical (unpaired) electrons. The van der Waals surface area contributed by atoms with E-state index in [9.17, 15) is 5.11 Å². The summed E-state index contributed by atoms with van der Waals surface area (Å²) < 4.78 is 0. The molecule has 132 valence electrons. The van der Waals surface area contributed by atoms with Gasteiger partial charge in [-0.05, 0) is 48.4 Å². The molecule has 0 atom stereocenters. The van der Waals surface area contributed by atoms with Crippen LogP contribution in [0.25, 0.3) is 0 Å². The maximum absolute atomic E-state index is 10.2. The van der Waals surface area contributed by atoms with E-state index in [0.717, 1.165) is 19.3 Å². The Kier molecular flexibility index (Phi) is 10.9. The third kappa shape index (κ3) is 7.42. The van der Waals surface area contributed by atoms with E-state index < -0.39 is 0 Å². The average molecular weight is 319 g/mol. The topological polar surface area (TPSA) is 20.2 Å². The maximum atomic E-state index is 10.2. The van der Waals surface area contributed by atoms with Gasteiger partial charge in [-0.15, -0.1) is 0 Å². The lowest BCUT2D eigenvalue weighted by Gasteiger charge is -2.14. The average Bonchev–Trinajstić information content (AvgIpc) is 2.57. The predicted molar refractivity (Wildman–Crippen MR) is 102 cm³/mol. The van der Waals surface area contributed by atoms with Gasteiger partial charge in [-0.3, -0.25) is 0 Å². The van der Waals surface area contributed by atoms with E-state index in [2.05, 4.69) is 26.8 Å². The summed E-state index contributed by atoms with van der Waals surface area (Å²) >= 11 is 0. The molecule has 0 unspecified atom stereocenters. The molecule has 0 amide bonds. The van der Waals surface area contributed by atoms with Gasteiger partial charge in [-0.2, -0.15) is 0 Å². The van der Waals surface area contributed by atoms with E-state index in [1.54, 1.807) is 0 Å². The van der Waals surface area contributed by atoms with E-state index in [-0.39, 0.29) is 0 Å². The number of unbranched alkanes of at least 4 members (excludes halogenated alkanes) is 9. The van der Waals surface area contributed by atoms with E-state index in [0.29, 0.717) is 5.75 Å². The summed E-state index contributed by atoms with van der Waals surface area (Å²) in [5.41, 5.74) is 4.02. The Balaban J connectivity index is 2.23. The van der Waals surface area contributed by atoms with Crippen molar-refractivity contribution in [3.05, 3.63) is 28.8 Å². The van der Waals surface area contributed by atoms with Gasteiger partial charge in [0.1, 0.15) is 5.75 Å². The lowest BCUT2D eigenvalue weighted by Crippen LogP contribution is -1.99. The van der Waals surface area contributed by atoms with Gasteiger partial charge >= 0.3 is 0 Å². The summed E-state index contributed by atoms with van der Waals surface area (Å²) in [6, 6.07) is 3.99. The summed E-state index contributed by atoms with van der Waals surface area (Å²) in [5, 5.41) is 10.2. The fourth-order valence-corrected chi connectivity index (χ4v) is 3.57. The van der Waals surface area contributed by atoms with Gasteiger partial charge in [0.25, 0.3) is 0 Å². The molecular formula is C22H38O. The molecule has 0 aromatic heterocycles. The van der Waals surface area contributed by atoms with Crippen LogP contribution in [0.3, 0.4) is 0 Å². The normalized spacial score (nSPS) is 11.1. The molecular weight excluding hydrogens is 280 g/mol. The SMILES string of the molecule is CCCCCCCCCCCCc1c(O)ccc(CC)c1CC. The molecule has 0 aliphatic heterocycles. The van der Waals surface area contributed by atoms with Gasteiger partial charge in [0.15, 0.2) is 0 Å². The van der Waals surface area contributed by atoms with Crippen molar-refractivity contribution in [2.24, 2.45) is 0 Å². The molecule has 1 aromatic carbocycles. The van der Waals surface area contributed by atoms with Gasteiger partial charge in [-0.1, -0.05) is 84.6 Å². The van der Waals surface area contributed by atoms with Crippen LogP contribution in [-0.2, 0) is 19.3 Å². The summed E-state index contributed by atoms with van der Waals surface area (Å²) in [4.78, 5) is 0. The summed E-state index contributed by atoms with van der Waals surface area (Å²) in [6.07, 6.45) is 16.8. The highest BCUT2D eigenvalue weighted by Gasteiger charge is 2.10. The smallest absolute Gasteiger partial charge is 0.119 e. The molecule has 0 aliphatic rings. The number of hydrogen-bond donors (Lipinski definition) is 1. The molecule has 1 heteroatoms. The monoisotopic (exact) mass is 318 g/mol. The highest BCUT2D eigenvalue weighted by molar-refractivity contribution is 5.44. The molecule has 1 aromatic rings. The first kappa shape index (κ1) is 20.1.